The molecular formula is C19H27N3O2. The van der Waals surface area contributed by atoms with Gasteiger partial charge in [0.05, 0.1) is 12.0 Å². The molecule has 1 amide bonds. The number of carbonyl (C=O) groups is 1. The van der Waals surface area contributed by atoms with Crippen molar-refractivity contribution in [2.45, 2.75) is 25.8 Å². The second-order valence-electron chi connectivity index (χ2n) is 6.64. The molecule has 0 atom stereocenters. The number of para-hydroxylation sites is 1. The number of methoxy groups -OCH3 is 1. The van der Waals surface area contributed by atoms with Gasteiger partial charge in [0.15, 0.2) is 0 Å². The highest BCUT2D eigenvalue weighted by atomic mass is 16.5. The molecule has 0 aliphatic carbocycles. The largest absolute Gasteiger partial charge is 0.384 e. The van der Waals surface area contributed by atoms with E-state index in [2.05, 4.69) is 51.7 Å². The van der Waals surface area contributed by atoms with Crippen molar-refractivity contribution in [2.24, 2.45) is 5.41 Å². The van der Waals surface area contributed by atoms with Gasteiger partial charge < -0.3 is 19.9 Å². The van der Waals surface area contributed by atoms with Crippen LogP contribution in [0.25, 0.3) is 10.9 Å². The Morgan fingerprint density at radius 2 is 2.08 bits per heavy atom. The molecule has 3 rings (SSSR count). The van der Waals surface area contributed by atoms with Crippen LogP contribution in [-0.2, 0) is 16.1 Å². The van der Waals surface area contributed by atoms with Gasteiger partial charge in [-0.3, -0.25) is 4.79 Å². The third-order valence-electron chi connectivity index (χ3n) is 5.00. The maximum absolute atomic E-state index is 12.7. The summed E-state index contributed by atoms with van der Waals surface area (Å²) < 4.78 is 7.57. The summed E-state index contributed by atoms with van der Waals surface area (Å²) in [5, 5.41) is 7.70. The van der Waals surface area contributed by atoms with E-state index in [-0.39, 0.29) is 11.3 Å². The van der Waals surface area contributed by atoms with Crippen LogP contribution in [0.15, 0.2) is 36.5 Å². The summed E-state index contributed by atoms with van der Waals surface area (Å²) in [4.78, 5) is 12.7. The third-order valence-corrected chi connectivity index (χ3v) is 5.00. The Morgan fingerprint density at radius 1 is 1.29 bits per heavy atom. The molecule has 0 radical (unpaired) electrons. The summed E-state index contributed by atoms with van der Waals surface area (Å²) >= 11 is 0. The molecule has 2 heterocycles. The first kappa shape index (κ1) is 17.0. The number of nitrogens with zero attached hydrogens (tertiary/aromatic N) is 1. The van der Waals surface area contributed by atoms with E-state index in [9.17, 15) is 4.79 Å². The molecule has 2 aromatic rings. The molecule has 0 bridgehead atoms. The van der Waals surface area contributed by atoms with Crippen LogP contribution in [-0.4, -0.2) is 43.8 Å². The molecule has 1 aromatic heterocycles. The first-order chi connectivity index (χ1) is 11.7. The van der Waals surface area contributed by atoms with Crippen molar-refractivity contribution < 1.29 is 9.53 Å². The van der Waals surface area contributed by atoms with Crippen LogP contribution in [0.5, 0.6) is 0 Å². The molecule has 1 saturated heterocycles. The van der Waals surface area contributed by atoms with E-state index in [4.69, 9.17) is 4.74 Å². The standard InChI is InChI=1S/C19H27N3O2/c1-24-15-19(8-11-20-12-9-19)18(23)21-10-4-13-22-14-7-16-5-2-3-6-17(16)22/h2-3,5-7,14,20H,4,8-13,15H2,1H3,(H,21,23). The Hall–Kier alpha value is -1.85. The van der Waals surface area contributed by atoms with Crippen molar-refractivity contribution in [1.82, 2.24) is 15.2 Å². The van der Waals surface area contributed by atoms with Crippen molar-refractivity contribution in [2.75, 3.05) is 33.4 Å². The predicted molar refractivity (Wildman–Crippen MR) is 96.0 cm³/mol. The number of aromatic nitrogens is 1. The minimum Gasteiger partial charge on any atom is -0.384 e. The van der Waals surface area contributed by atoms with Crippen molar-refractivity contribution in [3.05, 3.63) is 36.5 Å². The number of amides is 1. The van der Waals surface area contributed by atoms with Gasteiger partial charge in [-0.2, -0.15) is 0 Å². The maximum Gasteiger partial charge on any atom is 0.228 e. The zero-order valence-electron chi connectivity index (χ0n) is 14.4. The Balaban J connectivity index is 1.51. The minimum absolute atomic E-state index is 0.142. The highest BCUT2D eigenvalue weighted by Gasteiger charge is 2.39. The highest BCUT2D eigenvalue weighted by molar-refractivity contribution is 5.83. The van der Waals surface area contributed by atoms with Crippen molar-refractivity contribution in [3.63, 3.8) is 0 Å². The lowest BCUT2D eigenvalue weighted by atomic mass is 9.78. The van der Waals surface area contributed by atoms with Crippen LogP contribution >= 0.6 is 0 Å². The van der Waals surface area contributed by atoms with Crippen LogP contribution in [0.4, 0.5) is 0 Å². The van der Waals surface area contributed by atoms with Gasteiger partial charge in [-0.05, 0) is 49.9 Å². The van der Waals surface area contributed by atoms with E-state index in [0.717, 1.165) is 38.9 Å². The normalized spacial score (nSPS) is 17.0. The monoisotopic (exact) mass is 329 g/mol. The number of nitrogens with one attached hydrogen (secondary N) is 2. The number of hydrogen-bond acceptors (Lipinski definition) is 3. The molecule has 0 unspecified atom stereocenters. The number of rotatable bonds is 7. The molecule has 2 N–H and O–H groups in total. The van der Waals surface area contributed by atoms with Crippen molar-refractivity contribution in [1.29, 1.82) is 0 Å². The molecule has 5 heteroatoms. The summed E-state index contributed by atoms with van der Waals surface area (Å²) in [5.41, 5.74) is 0.887. The zero-order chi connectivity index (χ0) is 16.8. The van der Waals surface area contributed by atoms with Gasteiger partial charge in [0, 0.05) is 31.9 Å². The van der Waals surface area contributed by atoms with Crippen LogP contribution in [0.3, 0.4) is 0 Å². The fraction of sp³-hybridized carbons (Fsp3) is 0.526. The van der Waals surface area contributed by atoms with E-state index in [1.165, 1.54) is 10.9 Å². The number of benzene rings is 1. The van der Waals surface area contributed by atoms with E-state index in [1.807, 2.05) is 0 Å². The van der Waals surface area contributed by atoms with E-state index in [0.29, 0.717) is 13.2 Å². The smallest absolute Gasteiger partial charge is 0.228 e. The van der Waals surface area contributed by atoms with Gasteiger partial charge in [-0.1, -0.05) is 18.2 Å². The molecule has 0 spiro atoms. The Morgan fingerprint density at radius 3 is 2.88 bits per heavy atom. The number of piperidine rings is 1. The van der Waals surface area contributed by atoms with Crippen LogP contribution in [0.2, 0.25) is 0 Å². The van der Waals surface area contributed by atoms with Gasteiger partial charge in [0.1, 0.15) is 0 Å². The van der Waals surface area contributed by atoms with Gasteiger partial charge in [-0.15, -0.1) is 0 Å². The summed E-state index contributed by atoms with van der Waals surface area (Å²) in [6.45, 7) is 3.87. The fourth-order valence-corrected chi connectivity index (χ4v) is 3.59. The lowest BCUT2D eigenvalue weighted by Gasteiger charge is -2.35. The maximum atomic E-state index is 12.7. The molecule has 1 aliphatic rings. The first-order valence-electron chi connectivity index (χ1n) is 8.77. The SMILES string of the molecule is COCC1(C(=O)NCCCn2ccc3ccccc32)CCNCC1. The molecule has 1 aliphatic heterocycles. The quantitative estimate of drug-likeness (QED) is 0.766. The van der Waals surface area contributed by atoms with Crippen LogP contribution in [0.1, 0.15) is 19.3 Å². The fourth-order valence-electron chi connectivity index (χ4n) is 3.59. The number of fused-ring (bicyclic) bond motifs is 1. The number of ether oxygens (including phenoxy) is 1. The molecule has 24 heavy (non-hydrogen) atoms. The first-order valence-corrected chi connectivity index (χ1v) is 8.77. The highest BCUT2D eigenvalue weighted by Crippen LogP contribution is 2.29. The zero-order valence-corrected chi connectivity index (χ0v) is 14.4. The van der Waals surface area contributed by atoms with Gasteiger partial charge in [0.2, 0.25) is 5.91 Å². The minimum atomic E-state index is -0.361. The van der Waals surface area contributed by atoms with E-state index >= 15 is 0 Å². The number of carbonyl (C=O) groups excluding carboxylic acids is 1. The number of aryl methyl sites for hydroxylation is 1. The Kier molecular flexibility index (Phi) is 5.53. The summed E-state index contributed by atoms with van der Waals surface area (Å²) in [7, 11) is 1.67. The molecule has 130 valence electrons. The van der Waals surface area contributed by atoms with Gasteiger partial charge in [-0.25, -0.2) is 0 Å². The predicted octanol–water partition coefficient (Wildman–Crippen LogP) is 2.16. The molecular weight excluding hydrogens is 302 g/mol. The van der Waals surface area contributed by atoms with Crippen molar-refractivity contribution in [3.8, 4) is 0 Å². The van der Waals surface area contributed by atoms with E-state index in [1.54, 1.807) is 7.11 Å². The average molecular weight is 329 g/mol. The van der Waals surface area contributed by atoms with Crippen LogP contribution in [0, 0.1) is 5.41 Å². The Labute approximate surface area is 143 Å². The lowest BCUT2D eigenvalue weighted by Crippen LogP contribution is -2.50. The summed E-state index contributed by atoms with van der Waals surface area (Å²) in [6.07, 6.45) is 4.72. The topological polar surface area (TPSA) is 55.3 Å². The average Bonchev–Trinajstić information content (AvgIpc) is 3.03. The molecule has 1 fully saturated rings. The number of hydrogen-bond donors (Lipinski definition) is 2. The molecule has 5 nitrogen and oxygen atoms in total. The summed E-state index contributed by atoms with van der Waals surface area (Å²) in [5.74, 6) is 0.142. The second kappa shape index (κ2) is 7.81. The Bertz CT molecular complexity index is 669. The second-order valence-corrected chi connectivity index (χ2v) is 6.64. The third kappa shape index (κ3) is 3.62. The van der Waals surface area contributed by atoms with E-state index < -0.39 is 0 Å². The lowest BCUT2D eigenvalue weighted by molar-refractivity contribution is -0.136. The molecule has 0 saturated carbocycles. The molecule has 1 aromatic carbocycles. The van der Waals surface area contributed by atoms with Crippen LogP contribution < -0.4 is 10.6 Å². The van der Waals surface area contributed by atoms with Crippen molar-refractivity contribution >= 4 is 16.8 Å². The summed E-state index contributed by atoms with van der Waals surface area (Å²) in [6, 6.07) is 10.5. The van der Waals surface area contributed by atoms with Gasteiger partial charge in [0.25, 0.3) is 0 Å². The van der Waals surface area contributed by atoms with Gasteiger partial charge >= 0.3 is 0 Å².